The minimum Gasteiger partial charge on any atom is -0.461 e. The van der Waals surface area contributed by atoms with Gasteiger partial charge in [-0.05, 0) is 38.3 Å². The molecule has 1 fully saturated rings. The van der Waals surface area contributed by atoms with Crippen molar-refractivity contribution in [1.29, 1.82) is 0 Å². The van der Waals surface area contributed by atoms with E-state index in [1.165, 1.54) is 0 Å². The number of carbonyl (C=O) groups excluding carboxylic acids is 2. The van der Waals surface area contributed by atoms with Crippen LogP contribution in [0, 0.1) is 0 Å². The lowest BCUT2D eigenvalue weighted by molar-refractivity contribution is -0.135. The molecular weight excluding hydrogens is 408 g/mol. The van der Waals surface area contributed by atoms with Crippen molar-refractivity contribution in [1.82, 2.24) is 9.62 Å². The van der Waals surface area contributed by atoms with Crippen LogP contribution < -0.4 is 9.73 Å². The molecule has 1 aromatic carbocycles. The van der Waals surface area contributed by atoms with Gasteiger partial charge in [0.05, 0.1) is 18.6 Å². The second-order valence-electron chi connectivity index (χ2n) is 7.47. The van der Waals surface area contributed by atoms with E-state index in [2.05, 4.69) is 9.82 Å². The molecule has 0 radical (unpaired) electrons. The van der Waals surface area contributed by atoms with Crippen LogP contribution in [0.25, 0.3) is 0 Å². The summed E-state index contributed by atoms with van der Waals surface area (Å²) in [5.74, 6) is -0.690. The van der Waals surface area contributed by atoms with Crippen molar-refractivity contribution < 1.29 is 22.7 Å². The van der Waals surface area contributed by atoms with Gasteiger partial charge in [0.25, 0.3) is 0 Å². The number of anilines is 1. The van der Waals surface area contributed by atoms with E-state index in [1.807, 2.05) is 30.3 Å². The number of para-hydroxylation sites is 1. The van der Waals surface area contributed by atoms with Crippen LogP contribution >= 0.6 is 0 Å². The van der Waals surface area contributed by atoms with Gasteiger partial charge in [0.1, 0.15) is 11.8 Å². The Morgan fingerprint density at radius 1 is 1.23 bits per heavy atom. The van der Waals surface area contributed by atoms with E-state index >= 15 is 0 Å². The fourth-order valence-corrected chi connectivity index (χ4v) is 4.30. The Hall–Kier alpha value is -2.46. The number of likely N-dealkylation sites (tertiary alicyclic amines) is 1. The topological polar surface area (TPSA) is 108 Å². The van der Waals surface area contributed by atoms with E-state index < -0.39 is 22.0 Å². The standard InChI is InChI=1S/C20H28N4O5S/c1-3-29-20(26)17-13-18(24(22-17)15-9-5-4-6-10-15)19(25)23-12-8-7-11-16(23)14-21-30(2,27)28/h4-6,9-10,16,18,21H,3,7-8,11-14H2,1-2H3. The number of esters is 1. The van der Waals surface area contributed by atoms with E-state index in [4.69, 9.17) is 4.74 Å². The molecule has 0 spiro atoms. The molecule has 2 heterocycles. The van der Waals surface area contributed by atoms with Crippen LogP contribution in [0.4, 0.5) is 5.69 Å². The largest absolute Gasteiger partial charge is 0.461 e. The summed E-state index contributed by atoms with van der Waals surface area (Å²) in [6.07, 6.45) is 3.76. The molecule has 2 atom stereocenters. The molecule has 164 valence electrons. The lowest BCUT2D eigenvalue weighted by Gasteiger charge is -2.38. The van der Waals surface area contributed by atoms with Gasteiger partial charge in [-0.25, -0.2) is 17.9 Å². The third kappa shape index (κ3) is 5.37. The van der Waals surface area contributed by atoms with Crippen LogP contribution in [-0.4, -0.2) is 68.9 Å². The number of sulfonamides is 1. The van der Waals surface area contributed by atoms with Crippen LogP contribution in [0.3, 0.4) is 0 Å². The first-order chi connectivity index (χ1) is 14.3. The maximum Gasteiger partial charge on any atom is 0.354 e. The third-order valence-corrected chi connectivity index (χ3v) is 5.91. The van der Waals surface area contributed by atoms with Gasteiger partial charge in [0, 0.05) is 25.6 Å². The Kier molecular flexibility index (Phi) is 7.09. The number of amides is 1. The zero-order chi connectivity index (χ0) is 21.7. The number of nitrogens with zero attached hydrogens (tertiary/aromatic N) is 3. The molecule has 0 bridgehead atoms. The van der Waals surface area contributed by atoms with E-state index in [0.29, 0.717) is 12.2 Å². The molecule has 0 saturated carbocycles. The number of hydrogen-bond donors (Lipinski definition) is 1. The lowest BCUT2D eigenvalue weighted by Crippen LogP contribution is -2.54. The summed E-state index contributed by atoms with van der Waals surface area (Å²) in [6.45, 7) is 2.67. The summed E-state index contributed by atoms with van der Waals surface area (Å²) in [7, 11) is -3.35. The van der Waals surface area contributed by atoms with Crippen LogP contribution in [-0.2, 0) is 24.3 Å². The Bertz CT molecular complexity index is 903. The van der Waals surface area contributed by atoms with Crippen molar-refractivity contribution in [3.05, 3.63) is 30.3 Å². The molecule has 1 N–H and O–H groups in total. The molecule has 2 unspecified atom stereocenters. The first kappa shape index (κ1) is 22.2. The molecule has 30 heavy (non-hydrogen) atoms. The van der Waals surface area contributed by atoms with Crippen LogP contribution in [0.5, 0.6) is 0 Å². The zero-order valence-electron chi connectivity index (χ0n) is 17.3. The van der Waals surface area contributed by atoms with Gasteiger partial charge in [-0.1, -0.05) is 18.2 Å². The number of hydrazone groups is 1. The summed E-state index contributed by atoms with van der Waals surface area (Å²) in [4.78, 5) is 27.5. The molecule has 9 nitrogen and oxygen atoms in total. The van der Waals surface area contributed by atoms with Crippen molar-refractivity contribution in [3.63, 3.8) is 0 Å². The predicted molar refractivity (Wildman–Crippen MR) is 114 cm³/mol. The van der Waals surface area contributed by atoms with Crippen molar-refractivity contribution in [2.75, 3.05) is 31.0 Å². The van der Waals surface area contributed by atoms with Gasteiger partial charge in [-0.3, -0.25) is 9.80 Å². The summed E-state index contributed by atoms with van der Waals surface area (Å²) < 4.78 is 30.7. The highest BCUT2D eigenvalue weighted by molar-refractivity contribution is 7.88. The van der Waals surface area contributed by atoms with E-state index in [1.54, 1.807) is 16.8 Å². The number of piperidine rings is 1. The van der Waals surface area contributed by atoms with Crippen molar-refractivity contribution in [2.24, 2.45) is 5.10 Å². The smallest absolute Gasteiger partial charge is 0.354 e. The van der Waals surface area contributed by atoms with Crippen molar-refractivity contribution in [2.45, 2.75) is 44.7 Å². The number of carbonyl (C=O) groups is 2. The molecule has 3 rings (SSSR count). The minimum atomic E-state index is -3.35. The van der Waals surface area contributed by atoms with E-state index in [0.717, 1.165) is 25.5 Å². The zero-order valence-corrected chi connectivity index (χ0v) is 18.1. The number of hydrogen-bond acceptors (Lipinski definition) is 7. The fourth-order valence-electron chi connectivity index (χ4n) is 3.80. The highest BCUT2D eigenvalue weighted by atomic mass is 32.2. The van der Waals surface area contributed by atoms with E-state index in [-0.39, 0.29) is 37.2 Å². The number of ether oxygens (including phenoxy) is 1. The second kappa shape index (κ2) is 9.57. The van der Waals surface area contributed by atoms with Crippen LogP contribution in [0.15, 0.2) is 35.4 Å². The fraction of sp³-hybridized carbons (Fsp3) is 0.550. The quantitative estimate of drug-likeness (QED) is 0.642. The molecule has 1 saturated heterocycles. The van der Waals surface area contributed by atoms with Crippen molar-refractivity contribution >= 4 is 33.3 Å². The number of nitrogens with one attached hydrogen (secondary N) is 1. The molecular formula is C20H28N4O5S. The van der Waals surface area contributed by atoms with Gasteiger partial charge in [-0.2, -0.15) is 5.10 Å². The maximum absolute atomic E-state index is 13.5. The predicted octanol–water partition coefficient (Wildman–Crippen LogP) is 1.11. The highest BCUT2D eigenvalue weighted by Crippen LogP contribution is 2.28. The molecule has 1 aromatic rings. The molecule has 2 aliphatic heterocycles. The van der Waals surface area contributed by atoms with Gasteiger partial charge in [0.15, 0.2) is 0 Å². The Labute approximate surface area is 177 Å². The maximum atomic E-state index is 13.5. The van der Waals surface area contributed by atoms with Gasteiger partial charge in [-0.15, -0.1) is 0 Å². The summed E-state index contributed by atoms with van der Waals surface area (Å²) >= 11 is 0. The molecule has 0 aliphatic carbocycles. The Morgan fingerprint density at radius 3 is 2.63 bits per heavy atom. The van der Waals surface area contributed by atoms with E-state index in [9.17, 15) is 18.0 Å². The second-order valence-corrected chi connectivity index (χ2v) is 9.30. The molecule has 1 amide bonds. The minimum absolute atomic E-state index is 0.148. The molecule has 0 aromatic heterocycles. The number of rotatable bonds is 7. The average Bonchev–Trinajstić information content (AvgIpc) is 3.18. The Balaban J connectivity index is 1.83. The highest BCUT2D eigenvalue weighted by Gasteiger charge is 2.41. The lowest BCUT2D eigenvalue weighted by atomic mass is 9.99. The molecule has 10 heteroatoms. The summed E-state index contributed by atoms with van der Waals surface area (Å²) in [5.41, 5.74) is 0.917. The monoisotopic (exact) mass is 436 g/mol. The summed E-state index contributed by atoms with van der Waals surface area (Å²) in [5, 5.41) is 5.97. The first-order valence-corrected chi connectivity index (χ1v) is 12.0. The first-order valence-electron chi connectivity index (χ1n) is 10.1. The van der Waals surface area contributed by atoms with Crippen molar-refractivity contribution in [3.8, 4) is 0 Å². The average molecular weight is 437 g/mol. The SMILES string of the molecule is CCOC(=O)C1=NN(c2ccccc2)C(C(=O)N2CCCCC2CNS(C)(=O)=O)C1. The van der Waals surface area contributed by atoms with Gasteiger partial charge in [0.2, 0.25) is 15.9 Å². The van der Waals surface area contributed by atoms with Crippen LogP contribution in [0.1, 0.15) is 32.6 Å². The Morgan fingerprint density at radius 2 is 1.97 bits per heavy atom. The third-order valence-electron chi connectivity index (χ3n) is 5.22. The summed E-state index contributed by atoms with van der Waals surface area (Å²) in [6, 6.07) is 8.30. The van der Waals surface area contributed by atoms with Crippen LogP contribution in [0.2, 0.25) is 0 Å². The van der Waals surface area contributed by atoms with Gasteiger partial charge >= 0.3 is 5.97 Å². The molecule has 2 aliphatic rings. The number of benzene rings is 1. The normalized spacial score (nSPS) is 22.0. The van der Waals surface area contributed by atoms with Gasteiger partial charge < -0.3 is 9.64 Å².